The van der Waals surface area contributed by atoms with Crippen LogP contribution in [0, 0.1) is 5.82 Å². The molecule has 9 nitrogen and oxygen atoms in total. The van der Waals surface area contributed by atoms with Crippen LogP contribution < -0.4 is 14.2 Å². The normalized spacial score (nSPS) is 15.7. The number of carbonyl (C=O) groups excluding carboxylic acids is 1. The molecule has 0 spiro atoms. The molecular weight excluding hydrogens is 475 g/mol. The Kier molecular flexibility index (Phi) is 6.27. The molecule has 0 aliphatic carbocycles. The van der Waals surface area contributed by atoms with Gasteiger partial charge in [0, 0.05) is 38.9 Å². The molecule has 0 atom stereocenters. The van der Waals surface area contributed by atoms with Crippen molar-refractivity contribution >= 4 is 21.6 Å². The number of aromatic nitrogens is 1. The quantitative estimate of drug-likeness (QED) is 0.558. The van der Waals surface area contributed by atoms with Gasteiger partial charge in [0.2, 0.25) is 6.79 Å². The van der Waals surface area contributed by atoms with Crippen molar-refractivity contribution in [3.63, 3.8) is 0 Å². The van der Waals surface area contributed by atoms with Crippen molar-refractivity contribution in [2.24, 2.45) is 0 Å². The molecule has 2 aliphatic rings. The third-order valence-corrected chi connectivity index (χ3v) is 7.26. The first-order chi connectivity index (χ1) is 16.9. The second-order valence-electron chi connectivity index (χ2n) is 8.28. The van der Waals surface area contributed by atoms with Crippen LogP contribution in [-0.2, 0) is 16.6 Å². The summed E-state index contributed by atoms with van der Waals surface area (Å²) < 4.78 is 51.4. The van der Waals surface area contributed by atoms with Crippen LogP contribution in [0.2, 0.25) is 0 Å². The van der Waals surface area contributed by atoms with E-state index >= 15 is 0 Å². The van der Waals surface area contributed by atoms with Crippen molar-refractivity contribution < 1.29 is 27.1 Å². The Hall–Kier alpha value is -3.70. The molecule has 0 unspecified atom stereocenters. The van der Waals surface area contributed by atoms with Crippen molar-refractivity contribution in [2.45, 2.75) is 11.4 Å². The number of nitrogens with zero attached hydrogens (tertiary/aromatic N) is 3. The zero-order valence-electron chi connectivity index (χ0n) is 18.7. The lowest BCUT2D eigenvalue weighted by Gasteiger charge is -2.34. The summed E-state index contributed by atoms with van der Waals surface area (Å²) >= 11 is 0. The number of hydrogen-bond acceptors (Lipinski definition) is 7. The lowest BCUT2D eigenvalue weighted by Crippen LogP contribution is -2.48. The molecule has 0 radical (unpaired) electrons. The first kappa shape index (κ1) is 23.1. The van der Waals surface area contributed by atoms with Crippen LogP contribution >= 0.6 is 0 Å². The molecule has 11 heteroatoms. The highest BCUT2D eigenvalue weighted by molar-refractivity contribution is 7.92. The maximum atomic E-state index is 13.1. The number of anilines is 1. The van der Waals surface area contributed by atoms with Crippen LogP contribution in [0.3, 0.4) is 0 Å². The average Bonchev–Trinajstić information content (AvgIpc) is 3.32. The zero-order chi connectivity index (χ0) is 24.4. The van der Waals surface area contributed by atoms with Gasteiger partial charge in [0.05, 0.1) is 22.3 Å². The van der Waals surface area contributed by atoms with Crippen LogP contribution in [0.1, 0.15) is 15.9 Å². The Balaban J connectivity index is 1.19. The second-order valence-corrected chi connectivity index (χ2v) is 9.96. The summed E-state index contributed by atoms with van der Waals surface area (Å²) in [6, 6.07) is 11.8. The number of amides is 1. The van der Waals surface area contributed by atoms with Gasteiger partial charge in [0.1, 0.15) is 5.82 Å². The fourth-order valence-electron chi connectivity index (χ4n) is 4.03. The van der Waals surface area contributed by atoms with Gasteiger partial charge < -0.3 is 14.4 Å². The molecule has 1 saturated heterocycles. The van der Waals surface area contributed by atoms with Crippen LogP contribution in [0.25, 0.3) is 0 Å². The Labute approximate surface area is 202 Å². The Morgan fingerprint density at radius 2 is 1.71 bits per heavy atom. The summed E-state index contributed by atoms with van der Waals surface area (Å²) in [7, 11) is -3.94. The minimum atomic E-state index is -3.94. The number of rotatable bonds is 6. The number of hydrogen-bond donors (Lipinski definition) is 1. The third kappa shape index (κ3) is 5.20. The number of pyridine rings is 1. The van der Waals surface area contributed by atoms with Crippen LogP contribution in [0.5, 0.6) is 11.5 Å². The molecule has 182 valence electrons. The van der Waals surface area contributed by atoms with Crippen molar-refractivity contribution in [1.82, 2.24) is 14.8 Å². The molecule has 0 saturated carbocycles. The van der Waals surface area contributed by atoms with E-state index in [0.717, 1.165) is 35.7 Å². The van der Waals surface area contributed by atoms with E-state index in [4.69, 9.17) is 9.47 Å². The molecule has 1 aromatic heterocycles. The number of benzene rings is 2. The summed E-state index contributed by atoms with van der Waals surface area (Å²) in [6.07, 6.45) is 2.73. The van der Waals surface area contributed by atoms with Crippen LogP contribution in [0.4, 0.5) is 10.1 Å². The van der Waals surface area contributed by atoms with Gasteiger partial charge in [-0.05, 0) is 48.0 Å². The van der Waals surface area contributed by atoms with Crippen LogP contribution in [0.15, 0.2) is 65.8 Å². The summed E-state index contributed by atoms with van der Waals surface area (Å²) in [5, 5.41) is 0. The Bertz CT molecular complexity index is 1340. The lowest BCUT2D eigenvalue weighted by atomic mass is 10.1. The van der Waals surface area contributed by atoms with Gasteiger partial charge in [-0.2, -0.15) is 0 Å². The van der Waals surface area contributed by atoms with E-state index in [-0.39, 0.29) is 28.8 Å². The zero-order valence-corrected chi connectivity index (χ0v) is 19.5. The summed E-state index contributed by atoms with van der Waals surface area (Å²) in [5.74, 6) is 0.746. The highest BCUT2D eigenvalue weighted by Crippen LogP contribution is 2.33. The fourth-order valence-corrected chi connectivity index (χ4v) is 5.06. The van der Waals surface area contributed by atoms with Crippen molar-refractivity contribution in [3.8, 4) is 11.5 Å². The fraction of sp³-hybridized carbons (Fsp3) is 0.250. The minimum Gasteiger partial charge on any atom is -0.454 e. The van der Waals surface area contributed by atoms with Gasteiger partial charge in [-0.3, -0.25) is 19.4 Å². The molecule has 1 amide bonds. The third-order valence-electron chi connectivity index (χ3n) is 5.86. The first-order valence-corrected chi connectivity index (χ1v) is 12.5. The van der Waals surface area contributed by atoms with Gasteiger partial charge in [-0.25, -0.2) is 12.8 Å². The topological polar surface area (TPSA) is 101 Å². The number of piperazine rings is 1. The Morgan fingerprint density at radius 1 is 0.971 bits per heavy atom. The first-order valence-electron chi connectivity index (χ1n) is 11.0. The SMILES string of the molecule is O=C(c1cncc(NS(=O)(=O)c2ccc(F)cc2)c1)N1CCN(Cc2ccc3c(c2)OCO3)CC1. The molecule has 0 bridgehead atoms. The molecular formula is C24H23FN4O5S. The van der Waals surface area contributed by atoms with E-state index in [1.54, 1.807) is 4.90 Å². The van der Waals surface area contributed by atoms with Gasteiger partial charge in [0.15, 0.2) is 11.5 Å². The molecule has 2 aliphatic heterocycles. The minimum absolute atomic E-state index is 0.0887. The van der Waals surface area contributed by atoms with E-state index in [2.05, 4.69) is 14.6 Å². The molecule has 1 fully saturated rings. The molecule has 3 heterocycles. The number of nitrogens with one attached hydrogen (secondary N) is 1. The van der Waals surface area contributed by atoms with Gasteiger partial charge >= 0.3 is 0 Å². The number of sulfonamides is 1. The predicted molar refractivity (Wildman–Crippen MR) is 125 cm³/mol. The summed E-state index contributed by atoms with van der Waals surface area (Å²) in [6.45, 7) is 3.45. The predicted octanol–water partition coefficient (Wildman–Crippen LogP) is 2.71. The van der Waals surface area contributed by atoms with Crippen molar-refractivity contribution in [3.05, 3.63) is 77.9 Å². The number of halogens is 1. The molecule has 1 N–H and O–H groups in total. The number of ether oxygens (including phenoxy) is 2. The van der Waals surface area contributed by atoms with E-state index in [9.17, 15) is 17.6 Å². The lowest BCUT2D eigenvalue weighted by molar-refractivity contribution is 0.0628. The van der Waals surface area contributed by atoms with E-state index in [1.807, 2.05) is 18.2 Å². The molecule has 5 rings (SSSR count). The van der Waals surface area contributed by atoms with Gasteiger partial charge in [-0.15, -0.1) is 0 Å². The summed E-state index contributed by atoms with van der Waals surface area (Å²) in [5.41, 5.74) is 1.55. The smallest absolute Gasteiger partial charge is 0.261 e. The maximum Gasteiger partial charge on any atom is 0.261 e. The average molecular weight is 499 g/mol. The molecule has 3 aromatic rings. The molecule has 35 heavy (non-hydrogen) atoms. The second kappa shape index (κ2) is 9.51. The maximum absolute atomic E-state index is 13.1. The van der Waals surface area contributed by atoms with Gasteiger partial charge in [-0.1, -0.05) is 6.07 Å². The monoisotopic (exact) mass is 498 g/mol. The Morgan fingerprint density at radius 3 is 2.49 bits per heavy atom. The standard InChI is InChI=1S/C24H23FN4O5S/c25-19-2-4-21(5-3-19)35(31,32)27-20-12-18(13-26-14-20)24(30)29-9-7-28(8-10-29)15-17-1-6-22-23(11-17)34-16-33-22/h1-6,11-14,27H,7-10,15-16H2. The van der Waals surface area contributed by atoms with Gasteiger partial charge in [0.25, 0.3) is 15.9 Å². The summed E-state index contributed by atoms with van der Waals surface area (Å²) in [4.78, 5) is 21.0. The highest BCUT2D eigenvalue weighted by atomic mass is 32.2. The van der Waals surface area contributed by atoms with E-state index in [1.165, 1.54) is 30.6 Å². The number of fused-ring (bicyclic) bond motifs is 1. The van der Waals surface area contributed by atoms with Crippen molar-refractivity contribution in [1.29, 1.82) is 0 Å². The molecule has 2 aromatic carbocycles. The van der Waals surface area contributed by atoms with Crippen molar-refractivity contribution in [2.75, 3.05) is 37.7 Å². The highest BCUT2D eigenvalue weighted by Gasteiger charge is 2.24. The van der Waals surface area contributed by atoms with Crippen LogP contribution in [-0.4, -0.2) is 62.1 Å². The largest absolute Gasteiger partial charge is 0.454 e. The van der Waals surface area contributed by atoms with E-state index < -0.39 is 15.8 Å². The van der Waals surface area contributed by atoms with E-state index in [0.29, 0.717) is 26.2 Å². The number of carbonyl (C=O) groups is 1.